The van der Waals surface area contributed by atoms with Crippen LogP contribution in [0.5, 0.6) is 0 Å². The molecule has 0 aromatic carbocycles. The number of halogens is 3. The van der Waals surface area contributed by atoms with Gasteiger partial charge in [-0.05, 0) is 18.2 Å². The minimum absolute atomic E-state index is 0.134. The first kappa shape index (κ1) is 13.9. The molecule has 0 bridgehead atoms. The Balaban J connectivity index is 2.21. The lowest BCUT2D eigenvalue weighted by atomic mass is 10.3. The Labute approximate surface area is 114 Å². The summed E-state index contributed by atoms with van der Waals surface area (Å²) in [4.78, 5) is 14.9. The Morgan fingerprint density at radius 2 is 2.11 bits per heavy atom. The summed E-state index contributed by atoms with van der Waals surface area (Å²) in [6, 6.07) is 5.00. The van der Waals surface area contributed by atoms with E-state index in [4.69, 9.17) is 5.11 Å². The number of pyridine rings is 1. The van der Waals surface area contributed by atoms with Gasteiger partial charge >= 0.3 is 12.1 Å². The van der Waals surface area contributed by atoms with Crippen LogP contribution < -0.4 is 0 Å². The molecule has 0 aliphatic carbocycles. The number of thiophene rings is 1. The van der Waals surface area contributed by atoms with Crippen molar-refractivity contribution in [3.63, 3.8) is 0 Å². The molecule has 0 spiro atoms. The van der Waals surface area contributed by atoms with Gasteiger partial charge in [-0.25, -0.2) is 9.78 Å². The summed E-state index contributed by atoms with van der Waals surface area (Å²) in [7, 11) is 0. The second-order valence-corrected chi connectivity index (χ2v) is 5.42. The topological polar surface area (TPSA) is 50.2 Å². The molecule has 2 heterocycles. The predicted octanol–water partition coefficient (Wildman–Crippen LogP) is 4.01. The van der Waals surface area contributed by atoms with Crippen LogP contribution in [0.25, 0.3) is 0 Å². The number of hydrogen-bond acceptors (Lipinski definition) is 4. The van der Waals surface area contributed by atoms with E-state index in [1.807, 2.05) is 0 Å². The lowest BCUT2D eigenvalue weighted by Crippen LogP contribution is -2.07. The Hall–Kier alpha value is -1.54. The molecule has 0 fully saturated rings. The number of carboxylic acids is 1. The summed E-state index contributed by atoms with van der Waals surface area (Å²) in [5.41, 5.74) is -0.966. The summed E-state index contributed by atoms with van der Waals surface area (Å²) in [5.74, 6) is -1.06. The van der Waals surface area contributed by atoms with Crippen molar-refractivity contribution in [3.8, 4) is 0 Å². The van der Waals surface area contributed by atoms with Crippen LogP contribution in [-0.4, -0.2) is 16.1 Å². The second kappa shape index (κ2) is 5.22. The zero-order chi connectivity index (χ0) is 14.0. The van der Waals surface area contributed by atoms with Crippen LogP contribution in [0, 0.1) is 0 Å². The summed E-state index contributed by atoms with van der Waals surface area (Å²) < 4.78 is 37.4. The molecule has 0 atom stereocenters. The zero-order valence-electron chi connectivity index (χ0n) is 9.14. The molecule has 0 saturated heterocycles. The van der Waals surface area contributed by atoms with Crippen molar-refractivity contribution >= 4 is 29.1 Å². The largest absolute Gasteiger partial charge is 0.477 e. The molecule has 0 saturated carbocycles. The van der Waals surface area contributed by atoms with E-state index < -0.39 is 17.8 Å². The van der Waals surface area contributed by atoms with Gasteiger partial charge in [0.25, 0.3) is 0 Å². The quantitative estimate of drug-likeness (QED) is 0.931. The first-order valence-electron chi connectivity index (χ1n) is 4.90. The second-order valence-electron chi connectivity index (χ2n) is 3.41. The van der Waals surface area contributed by atoms with Gasteiger partial charge in [-0.1, -0.05) is 17.8 Å². The van der Waals surface area contributed by atoms with Crippen LogP contribution in [0.15, 0.2) is 39.6 Å². The number of nitrogens with zero attached hydrogens (tertiary/aromatic N) is 1. The molecule has 0 aliphatic rings. The Bertz CT molecular complexity index is 610. The average molecular weight is 305 g/mol. The van der Waals surface area contributed by atoms with Crippen LogP contribution in [0.4, 0.5) is 13.2 Å². The highest BCUT2D eigenvalue weighted by Crippen LogP contribution is 2.33. The molecule has 19 heavy (non-hydrogen) atoms. The lowest BCUT2D eigenvalue weighted by molar-refractivity contribution is -0.141. The summed E-state index contributed by atoms with van der Waals surface area (Å²) in [6.45, 7) is 0. The maximum Gasteiger partial charge on any atom is 0.433 e. The normalized spacial score (nSPS) is 11.5. The van der Waals surface area contributed by atoms with E-state index in [1.165, 1.54) is 18.2 Å². The van der Waals surface area contributed by atoms with E-state index in [2.05, 4.69) is 4.98 Å². The van der Waals surface area contributed by atoms with Crippen molar-refractivity contribution in [1.82, 2.24) is 4.98 Å². The van der Waals surface area contributed by atoms with Crippen molar-refractivity contribution in [2.24, 2.45) is 0 Å². The number of rotatable bonds is 3. The molecule has 8 heteroatoms. The summed E-state index contributed by atoms with van der Waals surface area (Å²) >= 11 is 2.01. The van der Waals surface area contributed by atoms with E-state index in [0.717, 1.165) is 29.2 Å². The molecule has 3 nitrogen and oxygen atoms in total. The first-order valence-corrected chi connectivity index (χ1v) is 6.60. The van der Waals surface area contributed by atoms with Gasteiger partial charge < -0.3 is 5.11 Å². The molecule has 0 amide bonds. The number of aromatic carboxylic acids is 1. The van der Waals surface area contributed by atoms with E-state index in [9.17, 15) is 18.0 Å². The van der Waals surface area contributed by atoms with Gasteiger partial charge in [0.05, 0.1) is 0 Å². The molecule has 2 rings (SSSR count). The number of carboxylic acid groups (broad SMARTS) is 1. The number of aromatic nitrogens is 1. The molecule has 100 valence electrons. The standard InChI is InChI=1S/C11H6F3NO2S2/c12-11(13,14)8-2-1-3-9(15-8)19-6-4-7(10(16)17)18-5-6/h1-5H,(H,16,17). The number of carbonyl (C=O) groups is 1. The van der Waals surface area contributed by atoms with Crippen molar-refractivity contribution in [2.45, 2.75) is 16.1 Å². The zero-order valence-corrected chi connectivity index (χ0v) is 10.8. The van der Waals surface area contributed by atoms with Gasteiger partial charge in [-0.3, -0.25) is 0 Å². The molecule has 0 radical (unpaired) electrons. The van der Waals surface area contributed by atoms with Crippen LogP contribution in [0.2, 0.25) is 0 Å². The molecular formula is C11H6F3NO2S2. The Morgan fingerprint density at radius 1 is 1.37 bits per heavy atom. The SMILES string of the molecule is O=C(O)c1cc(Sc2cccc(C(F)(F)F)n2)cs1. The molecule has 1 N–H and O–H groups in total. The highest BCUT2D eigenvalue weighted by molar-refractivity contribution is 7.99. The smallest absolute Gasteiger partial charge is 0.433 e. The van der Waals surface area contributed by atoms with Gasteiger partial charge in [0.1, 0.15) is 15.6 Å². The van der Waals surface area contributed by atoms with Crippen molar-refractivity contribution in [2.75, 3.05) is 0 Å². The molecular weight excluding hydrogens is 299 g/mol. The maximum atomic E-state index is 12.5. The fourth-order valence-electron chi connectivity index (χ4n) is 1.23. The molecule has 0 aliphatic heterocycles. The fourth-order valence-corrected chi connectivity index (χ4v) is 2.96. The summed E-state index contributed by atoms with van der Waals surface area (Å²) in [5, 5.41) is 10.5. The van der Waals surface area contributed by atoms with Crippen LogP contribution >= 0.6 is 23.1 Å². The van der Waals surface area contributed by atoms with Gasteiger partial charge in [-0.2, -0.15) is 13.2 Å². The van der Waals surface area contributed by atoms with E-state index >= 15 is 0 Å². The molecule has 0 unspecified atom stereocenters. The lowest BCUT2D eigenvalue weighted by Gasteiger charge is -2.06. The van der Waals surface area contributed by atoms with Gasteiger partial charge in [-0.15, -0.1) is 11.3 Å². The minimum Gasteiger partial charge on any atom is -0.477 e. The summed E-state index contributed by atoms with van der Waals surface area (Å²) in [6.07, 6.45) is -4.49. The van der Waals surface area contributed by atoms with E-state index in [1.54, 1.807) is 5.38 Å². The van der Waals surface area contributed by atoms with Crippen LogP contribution in [0.1, 0.15) is 15.4 Å². The minimum atomic E-state index is -4.49. The predicted molar refractivity (Wildman–Crippen MR) is 64.6 cm³/mol. The maximum absolute atomic E-state index is 12.5. The van der Waals surface area contributed by atoms with Crippen LogP contribution in [0.3, 0.4) is 0 Å². The van der Waals surface area contributed by atoms with Crippen molar-refractivity contribution in [3.05, 3.63) is 40.2 Å². The third-order valence-electron chi connectivity index (χ3n) is 2.02. The van der Waals surface area contributed by atoms with Crippen molar-refractivity contribution < 1.29 is 23.1 Å². The first-order chi connectivity index (χ1) is 8.86. The third kappa shape index (κ3) is 3.48. The number of hydrogen-bond donors (Lipinski definition) is 1. The third-order valence-corrected chi connectivity index (χ3v) is 4.00. The van der Waals surface area contributed by atoms with Gasteiger partial charge in [0.15, 0.2) is 0 Å². The number of alkyl halides is 3. The molecule has 2 aromatic rings. The van der Waals surface area contributed by atoms with E-state index in [0.29, 0.717) is 4.90 Å². The van der Waals surface area contributed by atoms with Crippen molar-refractivity contribution in [1.29, 1.82) is 0 Å². The van der Waals surface area contributed by atoms with E-state index in [-0.39, 0.29) is 9.90 Å². The van der Waals surface area contributed by atoms with Gasteiger partial charge in [0.2, 0.25) is 0 Å². The average Bonchev–Trinajstić information content (AvgIpc) is 2.77. The Morgan fingerprint density at radius 3 is 2.68 bits per heavy atom. The van der Waals surface area contributed by atoms with Crippen LogP contribution in [-0.2, 0) is 6.18 Å². The highest BCUT2D eigenvalue weighted by atomic mass is 32.2. The highest BCUT2D eigenvalue weighted by Gasteiger charge is 2.32. The molecule has 2 aromatic heterocycles. The van der Waals surface area contributed by atoms with Gasteiger partial charge in [0, 0.05) is 10.3 Å². The monoisotopic (exact) mass is 305 g/mol. The fraction of sp³-hybridized carbons (Fsp3) is 0.0909. The Kier molecular flexibility index (Phi) is 3.81.